The zero-order valence-electron chi connectivity index (χ0n) is 9.24. The largest absolute Gasteiger partial charge is 0.482 e. The minimum atomic E-state index is -0.617. The van der Waals surface area contributed by atoms with E-state index in [4.69, 9.17) is 21.4 Å². The van der Waals surface area contributed by atoms with Crippen molar-refractivity contribution in [3.8, 4) is 5.75 Å². The maximum absolute atomic E-state index is 12.7. The molecule has 1 rings (SSSR count). The molecule has 1 amide bonds. The fraction of sp³-hybridized carbons (Fsp3) is 0.364. The molecule has 0 heterocycles. The van der Waals surface area contributed by atoms with Crippen LogP contribution in [0.3, 0.4) is 0 Å². The van der Waals surface area contributed by atoms with E-state index in [1.165, 1.54) is 12.1 Å². The third-order valence-corrected chi connectivity index (χ3v) is 2.14. The molecule has 0 aliphatic rings. The van der Waals surface area contributed by atoms with Crippen LogP contribution in [0.4, 0.5) is 4.39 Å². The number of aliphatic hydroxyl groups excluding tert-OH is 1. The van der Waals surface area contributed by atoms with E-state index >= 15 is 0 Å². The van der Waals surface area contributed by atoms with Crippen LogP contribution < -0.4 is 10.1 Å². The molecular weight excluding hydrogens is 249 g/mol. The van der Waals surface area contributed by atoms with Crippen LogP contribution in [0.15, 0.2) is 18.2 Å². The van der Waals surface area contributed by atoms with Gasteiger partial charge in [0.15, 0.2) is 6.61 Å². The summed E-state index contributed by atoms with van der Waals surface area (Å²) in [6, 6.07) is 3.64. The average molecular weight is 262 g/mol. The summed E-state index contributed by atoms with van der Waals surface area (Å²) in [5.74, 6) is -0.618. The molecule has 1 atom stereocenters. The Hall–Kier alpha value is -1.33. The van der Waals surface area contributed by atoms with Crippen molar-refractivity contribution in [1.82, 2.24) is 5.32 Å². The molecule has 4 nitrogen and oxygen atoms in total. The van der Waals surface area contributed by atoms with Crippen LogP contribution in [0.2, 0.25) is 5.02 Å². The summed E-state index contributed by atoms with van der Waals surface area (Å²) in [6.07, 6.45) is -0.617. The molecule has 0 bridgehead atoms. The average Bonchev–Trinajstić information content (AvgIpc) is 2.25. The smallest absolute Gasteiger partial charge is 0.258 e. The van der Waals surface area contributed by atoms with Gasteiger partial charge in [-0.05, 0) is 25.1 Å². The van der Waals surface area contributed by atoms with E-state index in [1.54, 1.807) is 6.92 Å². The molecule has 0 saturated carbocycles. The maximum atomic E-state index is 12.7. The van der Waals surface area contributed by atoms with Gasteiger partial charge in [0.1, 0.15) is 11.6 Å². The first-order valence-electron chi connectivity index (χ1n) is 5.01. The van der Waals surface area contributed by atoms with Crippen LogP contribution in [0.1, 0.15) is 6.92 Å². The Kier molecular flexibility index (Phi) is 5.18. The maximum Gasteiger partial charge on any atom is 0.258 e. The topological polar surface area (TPSA) is 58.6 Å². The molecule has 1 aromatic rings. The zero-order chi connectivity index (χ0) is 12.8. The number of nitrogens with one attached hydrogen (secondary N) is 1. The highest BCUT2D eigenvalue weighted by molar-refractivity contribution is 6.32. The van der Waals surface area contributed by atoms with Gasteiger partial charge in [0.05, 0.1) is 11.1 Å². The van der Waals surface area contributed by atoms with Crippen molar-refractivity contribution < 1.29 is 19.0 Å². The van der Waals surface area contributed by atoms with E-state index in [1.807, 2.05) is 0 Å². The number of halogens is 2. The number of rotatable bonds is 5. The Labute approximate surface area is 103 Å². The summed E-state index contributed by atoms with van der Waals surface area (Å²) in [6.45, 7) is 1.47. The summed E-state index contributed by atoms with van der Waals surface area (Å²) in [5.41, 5.74) is 0. The van der Waals surface area contributed by atoms with Gasteiger partial charge in [-0.1, -0.05) is 11.6 Å². The molecule has 0 radical (unpaired) electrons. The van der Waals surface area contributed by atoms with Gasteiger partial charge in [-0.25, -0.2) is 4.39 Å². The van der Waals surface area contributed by atoms with Crippen LogP contribution in [-0.2, 0) is 4.79 Å². The van der Waals surface area contributed by atoms with Crippen LogP contribution in [0.5, 0.6) is 5.75 Å². The van der Waals surface area contributed by atoms with Gasteiger partial charge in [0.25, 0.3) is 5.91 Å². The van der Waals surface area contributed by atoms with Crippen LogP contribution in [0, 0.1) is 5.82 Å². The van der Waals surface area contributed by atoms with Gasteiger partial charge in [0, 0.05) is 6.54 Å². The quantitative estimate of drug-likeness (QED) is 0.841. The first kappa shape index (κ1) is 13.7. The number of hydrogen-bond donors (Lipinski definition) is 2. The number of carbonyl (C=O) groups excluding carboxylic acids is 1. The van der Waals surface area contributed by atoms with Crippen LogP contribution in [-0.4, -0.2) is 30.3 Å². The second-order valence-electron chi connectivity index (χ2n) is 3.52. The molecule has 0 unspecified atom stereocenters. The van der Waals surface area contributed by atoms with E-state index in [2.05, 4.69) is 5.32 Å². The predicted octanol–water partition coefficient (Wildman–Crippen LogP) is 1.35. The fourth-order valence-corrected chi connectivity index (χ4v) is 1.27. The van der Waals surface area contributed by atoms with Gasteiger partial charge < -0.3 is 15.2 Å². The van der Waals surface area contributed by atoms with Crippen molar-refractivity contribution in [2.45, 2.75) is 13.0 Å². The van der Waals surface area contributed by atoms with Crippen molar-refractivity contribution in [2.75, 3.05) is 13.2 Å². The highest BCUT2D eigenvalue weighted by Crippen LogP contribution is 2.24. The first-order valence-corrected chi connectivity index (χ1v) is 5.39. The Morgan fingerprint density at radius 1 is 1.65 bits per heavy atom. The van der Waals surface area contributed by atoms with E-state index in [9.17, 15) is 9.18 Å². The van der Waals surface area contributed by atoms with Crippen LogP contribution in [0.25, 0.3) is 0 Å². The summed E-state index contributed by atoms with van der Waals surface area (Å²) in [7, 11) is 0. The molecule has 0 fully saturated rings. The number of ether oxygens (including phenoxy) is 1. The highest BCUT2D eigenvalue weighted by atomic mass is 35.5. The third-order valence-electron chi connectivity index (χ3n) is 1.85. The predicted molar refractivity (Wildman–Crippen MR) is 61.6 cm³/mol. The second-order valence-corrected chi connectivity index (χ2v) is 3.92. The second kappa shape index (κ2) is 6.42. The van der Waals surface area contributed by atoms with Gasteiger partial charge >= 0.3 is 0 Å². The molecule has 0 aliphatic heterocycles. The lowest BCUT2D eigenvalue weighted by molar-refractivity contribution is -0.123. The fourth-order valence-electron chi connectivity index (χ4n) is 1.05. The molecule has 6 heteroatoms. The van der Waals surface area contributed by atoms with E-state index < -0.39 is 11.9 Å². The van der Waals surface area contributed by atoms with Gasteiger partial charge in [-0.2, -0.15) is 0 Å². The van der Waals surface area contributed by atoms with Crippen molar-refractivity contribution in [3.63, 3.8) is 0 Å². The van der Waals surface area contributed by atoms with Crippen molar-refractivity contribution >= 4 is 17.5 Å². The number of hydrogen-bond acceptors (Lipinski definition) is 3. The van der Waals surface area contributed by atoms with Crippen LogP contribution >= 0.6 is 11.6 Å². The lowest BCUT2D eigenvalue weighted by Gasteiger charge is -2.09. The normalized spacial score (nSPS) is 12.0. The summed E-state index contributed by atoms with van der Waals surface area (Å²) >= 11 is 5.70. The first-order chi connectivity index (χ1) is 7.99. The Morgan fingerprint density at radius 3 is 2.94 bits per heavy atom. The van der Waals surface area contributed by atoms with E-state index in [0.29, 0.717) is 0 Å². The van der Waals surface area contributed by atoms with Gasteiger partial charge in [0.2, 0.25) is 0 Å². The van der Waals surface area contributed by atoms with E-state index in [0.717, 1.165) is 6.07 Å². The molecule has 0 aliphatic carbocycles. The number of benzene rings is 1. The lowest BCUT2D eigenvalue weighted by Crippen LogP contribution is -2.34. The van der Waals surface area contributed by atoms with E-state index in [-0.39, 0.29) is 29.8 Å². The molecule has 94 valence electrons. The SMILES string of the molecule is C[C@H](O)CNC(=O)COc1ccc(F)cc1Cl. The molecule has 0 saturated heterocycles. The number of amides is 1. The molecule has 0 spiro atoms. The molecule has 17 heavy (non-hydrogen) atoms. The zero-order valence-corrected chi connectivity index (χ0v) is 10.00. The monoisotopic (exact) mass is 261 g/mol. The summed E-state index contributed by atoms with van der Waals surface area (Å²) in [4.78, 5) is 11.2. The standard InChI is InChI=1S/C11H13ClFNO3/c1-7(15)5-14-11(16)6-17-10-3-2-8(13)4-9(10)12/h2-4,7,15H,5-6H2,1H3,(H,14,16)/t7-/m0/s1. The number of carbonyl (C=O) groups is 1. The Bertz CT molecular complexity index is 398. The Morgan fingerprint density at radius 2 is 2.35 bits per heavy atom. The lowest BCUT2D eigenvalue weighted by atomic mass is 10.3. The minimum absolute atomic E-state index is 0.105. The highest BCUT2D eigenvalue weighted by Gasteiger charge is 2.07. The minimum Gasteiger partial charge on any atom is -0.482 e. The summed E-state index contributed by atoms with van der Waals surface area (Å²) in [5, 5.41) is 11.5. The van der Waals surface area contributed by atoms with Crippen molar-refractivity contribution in [1.29, 1.82) is 0 Å². The third kappa shape index (κ3) is 5.01. The van der Waals surface area contributed by atoms with Gasteiger partial charge in [-0.15, -0.1) is 0 Å². The van der Waals surface area contributed by atoms with Gasteiger partial charge in [-0.3, -0.25) is 4.79 Å². The molecule has 0 aromatic heterocycles. The van der Waals surface area contributed by atoms with Crippen molar-refractivity contribution in [3.05, 3.63) is 29.0 Å². The Balaban J connectivity index is 2.42. The molecule has 2 N–H and O–H groups in total. The molecule has 1 aromatic carbocycles. The summed E-state index contributed by atoms with van der Waals surface area (Å²) < 4.78 is 17.8. The molecular formula is C11H13ClFNO3. The number of aliphatic hydroxyl groups is 1. The van der Waals surface area contributed by atoms with Crippen molar-refractivity contribution in [2.24, 2.45) is 0 Å².